The lowest BCUT2D eigenvalue weighted by atomic mass is 9.85. The Bertz CT molecular complexity index is 2880. The van der Waals surface area contributed by atoms with Crippen LogP contribution in [-0.2, 0) is 30.5 Å². The van der Waals surface area contributed by atoms with Crippen LogP contribution in [0, 0.1) is 26.2 Å². The summed E-state index contributed by atoms with van der Waals surface area (Å²) in [7, 11) is 0. The maximum atomic E-state index is 14.0. The molecular formula is C57H75ClN12O7S2. The number of halogens is 1. The molecule has 3 atom stereocenters. The van der Waals surface area contributed by atoms with Crippen molar-refractivity contribution in [2.24, 2.45) is 5.41 Å². The molecule has 3 aromatic heterocycles. The maximum absolute atomic E-state index is 14.0. The summed E-state index contributed by atoms with van der Waals surface area (Å²) in [5.41, 5.74) is 5.51. The molecule has 0 radical (unpaired) electrons. The van der Waals surface area contributed by atoms with Crippen molar-refractivity contribution in [3.63, 3.8) is 0 Å². The number of aliphatic hydroxyl groups is 1. The molecule has 0 spiro atoms. The minimum atomic E-state index is -0.880. The number of para-hydroxylation sites is 1. The Kier molecular flexibility index (Phi) is 21.7. The fraction of sp³-hybridized carbons (Fsp3) is 0.509. The molecule has 424 valence electrons. The molecule has 6 N–H and O–H groups in total. The summed E-state index contributed by atoms with van der Waals surface area (Å²) < 4.78 is 0. The second-order valence-corrected chi connectivity index (χ2v) is 23.7. The van der Waals surface area contributed by atoms with Crippen LogP contribution >= 0.6 is 34.3 Å². The zero-order valence-corrected chi connectivity index (χ0v) is 48.6. The number of aryl methyl sites for hydroxylation is 3. The van der Waals surface area contributed by atoms with Crippen molar-refractivity contribution < 1.29 is 33.9 Å². The fourth-order valence-corrected chi connectivity index (χ4v) is 11.4. The first-order valence-electron chi connectivity index (χ1n) is 27.3. The number of likely N-dealkylation sites (tertiary alicyclic amines) is 1. The van der Waals surface area contributed by atoms with E-state index in [1.165, 1.54) is 22.4 Å². The Balaban J connectivity index is 0.715. The van der Waals surface area contributed by atoms with E-state index < -0.39 is 23.6 Å². The van der Waals surface area contributed by atoms with Gasteiger partial charge in [-0.05, 0) is 74.6 Å². The van der Waals surface area contributed by atoms with Crippen molar-refractivity contribution in [3.8, 4) is 10.4 Å². The lowest BCUT2D eigenvalue weighted by molar-refractivity contribution is -0.144. The van der Waals surface area contributed by atoms with Crippen molar-refractivity contribution in [2.75, 3.05) is 54.8 Å². The molecule has 2 aliphatic rings. The molecule has 2 aliphatic heterocycles. The molecule has 2 fully saturated rings. The first kappa shape index (κ1) is 60.1. The largest absolute Gasteiger partial charge is 0.391 e. The predicted molar refractivity (Wildman–Crippen MR) is 311 cm³/mol. The van der Waals surface area contributed by atoms with Gasteiger partial charge in [-0.25, -0.2) is 19.9 Å². The van der Waals surface area contributed by atoms with E-state index >= 15 is 0 Å². The summed E-state index contributed by atoms with van der Waals surface area (Å²) in [6, 6.07) is 13.4. The number of aliphatic hydroxyl groups excluding tert-OH is 1. The third-order valence-electron chi connectivity index (χ3n) is 14.1. The maximum Gasteiger partial charge on any atom is 0.267 e. The van der Waals surface area contributed by atoms with Crippen LogP contribution in [0.3, 0.4) is 0 Å². The van der Waals surface area contributed by atoms with E-state index in [1.807, 2.05) is 94.4 Å². The second-order valence-electron chi connectivity index (χ2n) is 21.4. The van der Waals surface area contributed by atoms with Crippen LogP contribution in [0.15, 0.2) is 60.2 Å². The number of aromatic nitrogens is 4. The molecule has 5 aromatic rings. The van der Waals surface area contributed by atoms with Crippen LogP contribution in [0.5, 0.6) is 0 Å². The number of nitrogens with zero attached hydrogens (tertiary/aromatic N) is 7. The van der Waals surface area contributed by atoms with E-state index in [-0.39, 0.29) is 61.4 Å². The average Bonchev–Trinajstić information content (AvgIpc) is 4.18. The minimum absolute atomic E-state index is 0.00314. The van der Waals surface area contributed by atoms with Crippen LogP contribution in [-0.4, -0.2) is 128 Å². The number of β-amino-alcohol motifs (C(OH)–C–C–N with tert-alkyl or cyclic N) is 1. The first-order valence-corrected chi connectivity index (χ1v) is 29.4. The second kappa shape index (κ2) is 28.5. The van der Waals surface area contributed by atoms with Gasteiger partial charge in [0.15, 0.2) is 5.13 Å². The van der Waals surface area contributed by atoms with Gasteiger partial charge < -0.3 is 46.4 Å². The van der Waals surface area contributed by atoms with Crippen molar-refractivity contribution in [2.45, 2.75) is 143 Å². The normalized spacial score (nSPS) is 15.9. The molecule has 0 bridgehead atoms. The number of unbranched alkanes of at least 4 members (excludes halogenated alkanes) is 6. The Labute approximate surface area is 476 Å². The molecule has 2 saturated heterocycles. The zero-order chi connectivity index (χ0) is 56.6. The van der Waals surface area contributed by atoms with Gasteiger partial charge in [-0.3, -0.25) is 28.8 Å². The number of hydrogen-bond acceptors (Lipinski definition) is 15. The van der Waals surface area contributed by atoms with Gasteiger partial charge in [0.25, 0.3) is 5.91 Å². The van der Waals surface area contributed by atoms with E-state index in [1.54, 1.807) is 17.4 Å². The summed E-state index contributed by atoms with van der Waals surface area (Å²) in [5, 5.41) is 26.5. The van der Waals surface area contributed by atoms with Gasteiger partial charge in [0.2, 0.25) is 29.5 Å². The highest BCUT2D eigenvalue weighted by Crippen LogP contribution is 2.31. The molecule has 6 amide bonds. The molecular weight excluding hydrogens is 1060 g/mol. The highest BCUT2D eigenvalue weighted by Gasteiger charge is 2.44. The summed E-state index contributed by atoms with van der Waals surface area (Å²) in [6.07, 6.45) is 8.29. The minimum Gasteiger partial charge on any atom is -0.391 e. The molecule has 0 saturated carbocycles. The topological polar surface area (TPSA) is 244 Å². The van der Waals surface area contributed by atoms with Crippen LogP contribution in [0.1, 0.15) is 130 Å². The number of piperazine rings is 1. The molecule has 7 rings (SSSR count). The third-order valence-corrected chi connectivity index (χ3v) is 16.3. The number of rotatable bonds is 25. The van der Waals surface area contributed by atoms with E-state index in [0.29, 0.717) is 97.2 Å². The number of carbonyl (C=O) groups excluding carboxylic acids is 6. The predicted octanol–water partition coefficient (Wildman–Crippen LogP) is 8.50. The van der Waals surface area contributed by atoms with Crippen molar-refractivity contribution in [1.29, 1.82) is 0 Å². The molecule has 5 heterocycles. The Hall–Kier alpha value is -6.55. The lowest BCUT2D eigenvalue weighted by Gasteiger charge is -2.35. The summed E-state index contributed by atoms with van der Waals surface area (Å²) in [5.74, 6) is 0.677. The van der Waals surface area contributed by atoms with Gasteiger partial charge >= 0.3 is 0 Å². The zero-order valence-electron chi connectivity index (χ0n) is 46.2. The fourth-order valence-electron chi connectivity index (χ4n) is 9.64. The first-order chi connectivity index (χ1) is 37.8. The number of amides is 6. The smallest absolute Gasteiger partial charge is 0.267 e. The Morgan fingerprint density at radius 2 is 1.52 bits per heavy atom. The highest BCUT2D eigenvalue weighted by atomic mass is 35.5. The molecule has 19 nitrogen and oxygen atoms in total. The molecule has 22 heteroatoms. The van der Waals surface area contributed by atoms with Gasteiger partial charge in [0.05, 0.1) is 39.1 Å². The highest BCUT2D eigenvalue weighted by molar-refractivity contribution is 7.17. The van der Waals surface area contributed by atoms with Crippen molar-refractivity contribution >= 4 is 92.2 Å². The monoisotopic (exact) mass is 1140 g/mol. The van der Waals surface area contributed by atoms with Crippen LogP contribution in [0.4, 0.5) is 22.5 Å². The van der Waals surface area contributed by atoms with Crippen LogP contribution < -0.4 is 31.5 Å². The van der Waals surface area contributed by atoms with Gasteiger partial charge in [-0.15, -0.1) is 11.3 Å². The standard InChI is InChI=1S/C57H75ClN12O7S2/c1-36-16-15-17-42(58)50(36)67-54(76)44-33-61-56(79-44)65-45-31-46(64-38(3)63-45)68-26-28-69(29-27-68)49(74)20-13-14-25-59-47(72)18-11-9-7-8-10-12-19-48(73)66-52(57(4,5)6)55(77)70-34-41(71)30-43(70)53(75)60-32-39-21-23-40(24-22-39)51-37(2)62-35-78-51/h15-17,21-24,31,33,35,41,43,52,71H,7-14,18-20,25-30,32,34H2,1-6H3,(H,59,72)(H,60,75)(H,66,73)(H,67,76)(H,61,63,64,65). The molecule has 2 aromatic carbocycles. The quantitative estimate of drug-likeness (QED) is 0.0301. The number of thiazole rings is 2. The Morgan fingerprint density at radius 1 is 0.823 bits per heavy atom. The number of benzene rings is 2. The molecule has 3 unspecified atom stereocenters. The number of nitrogens with one attached hydrogen (secondary N) is 5. The summed E-state index contributed by atoms with van der Waals surface area (Å²) in [4.78, 5) is 104. The van der Waals surface area contributed by atoms with E-state index in [4.69, 9.17) is 11.6 Å². The number of carbonyl (C=O) groups is 6. The average molecular weight is 1140 g/mol. The summed E-state index contributed by atoms with van der Waals surface area (Å²) >= 11 is 9.07. The lowest BCUT2D eigenvalue weighted by Crippen LogP contribution is -2.57. The van der Waals surface area contributed by atoms with Crippen molar-refractivity contribution in [1.82, 2.24) is 45.7 Å². The van der Waals surface area contributed by atoms with E-state index in [2.05, 4.69) is 51.4 Å². The third kappa shape index (κ3) is 17.5. The van der Waals surface area contributed by atoms with Gasteiger partial charge in [0.1, 0.15) is 34.4 Å². The van der Waals surface area contributed by atoms with Crippen LogP contribution in [0.2, 0.25) is 5.02 Å². The SMILES string of the molecule is Cc1nc(Nc2ncc(C(=O)Nc3c(C)cccc3Cl)s2)cc(N2CCN(C(=O)CCCCNC(=O)CCCCCCCCC(=O)NC(C(=O)N3CC(O)CC3C(=O)NCc3ccc(-c4scnc4C)cc3)C(C)(C)C)CC2)n1. The van der Waals surface area contributed by atoms with Gasteiger partial charge in [-0.1, -0.05) is 106 Å². The van der Waals surface area contributed by atoms with Gasteiger partial charge in [-0.2, -0.15) is 0 Å². The summed E-state index contributed by atoms with van der Waals surface area (Å²) in [6.45, 7) is 14.4. The Morgan fingerprint density at radius 3 is 2.20 bits per heavy atom. The van der Waals surface area contributed by atoms with Crippen LogP contribution in [0.25, 0.3) is 10.4 Å². The number of hydrogen-bond donors (Lipinski definition) is 6. The van der Waals surface area contributed by atoms with E-state index in [9.17, 15) is 33.9 Å². The molecule has 79 heavy (non-hydrogen) atoms. The molecule has 0 aliphatic carbocycles. The number of anilines is 4. The van der Waals surface area contributed by atoms with E-state index in [0.717, 1.165) is 65.2 Å². The van der Waals surface area contributed by atoms with Crippen molar-refractivity contribution in [3.05, 3.63) is 92.8 Å². The van der Waals surface area contributed by atoms with Gasteiger partial charge in [0, 0.05) is 77.6 Å².